The Bertz CT molecular complexity index is 434. The monoisotopic (exact) mass is 238 g/mol. The fourth-order valence-corrected chi connectivity index (χ4v) is 1.25. The molecule has 0 spiro atoms. The van der Waals surface area contributed by atoms with Gasteiger partial charge in [0.1, 0.15) is 5.75 Å². The van der Waals surface area contributed by atoms with Gasteiger partial charge in [0.15, 0.2) is 5.78 Å². The molecule has 0 bridgehead atoms. The van der Waals surface area contributed by atoms with Crippen LogP contribution < -0.4 is 4.74 Å². The van der Waals surface area contributed by atoms with Crippen LogP contribution in [0.4, 0.5) is 0 Å². The van der Waals surface area contributed by atoms with Crippen molar-refractivity contribution in [3.05, 3.63) is 29.8 Å². The molecule has 0 saturated heterocycles. The highest BCUT2D eigenvalue weighted by Gasteiger charge is 2.34. The SMILES string of the molecule is COc1ccc(C(=O)C(C(=O)O)C(=O)O)cc1. The third kappa shape index (κ3) is 2.81. The van der Waals surface area contributed by atoms with Crippen LogP contribution in [0.5, 0.6) is 5.75 Å². The summed E-state index contributed by atoms with van der Waals surface area (Å²) in [5.41, 5.74) is 0.0144. The number of ketones is 1. The Kier molecular flexibility index (Phi) is 3.82. The quantitative estimate of drug-likeness (QED) is 0.577. The molecule has 0 amide bonds. The summed E-state index contributed by atoms with van der Waals surface area (Å²) in [5.74, 6) is -5.92. The molecule has 0 unspecified atom stereocenters. The van der Waals surface area contributed by atoms with Gasteiger partial charge in [0.05, 0.1) is 7.11 Å². The first-order chi connectivity index (χ1) is 7.97. The first-order valence-corrected chi connectivity index (χ1v) is 4.61. The van der Waals surface area contributed by atoms with Crippen LogP contribution in [-0.2, 0) is 9.59 Å². The fraction of sp³-hybridized carbons (Fsp3) is 0.182. The molecule has 0 radical (unpaired) electrons. The van der Waals surface area contributed by atoms with Crippen LogP contribution in [0.2, 0.25) is 0 Å². The average molecular weight is 238 g/mol. The Morgan fingerprint density at radius 2 is 1.53 bits per heavy atom. The van der Waals surface area contributed by atoms with E-state index in [2.05, 4.69) is 0 Å². The molecule has 1 aromatic rings. The van der Waals surface area contributed by atoms with E-state index in [4.69, 9.17) is 14.9 Å². The highest BCUT2D eigenvalue weighted by molar-refractivity contribution is 6.19. The second-order valence-corrected chi connectivity index (χ2v) is 3.20. The first-order valence-electron chi connectivity index (χ1n) is 4.61. The average Bonchev–Trinajstić information content (AvgIpc) is 2.28. The number of aliphatic carboxylic acids is 2. The van der Waals surface area contributed by atoms with Gasteiger partial charge in [-0.2, -0.15) is 0 Å². The van der Waals surface area contributed by atoms with Crippen molar-refractivity contribution in [1.29, 1.82) is 0 Å². The van der Waals surface area contributed by atoms with Crippen LogP contribution in [0.1, 0.15) is 10.4 Å². The molecule has 1 aromatic carbocycles. The summed E-state index contributed by atoms with van der Waals surface area (Å²) >= 11 is 0. The number of carboxylic acids is 2. The van der Waals surface area contributed by atoms with Gasteiger partial charge in [-0.25, -0.2) is 0 Å². The van der Waals surface area contributed by atoms with Crippen molar-refractivity contribution in [2.75, 3.05) is 7.11 Å². The highest BCUT2D eigenvalue weighted by Crippen LogP contribution is 2.15. The molecule has 0 aliphatic rings. The van der Waals surface area contributed by atoms with Crippen LogP contribution in [0.15, 0.2) is 24.3 Å². The molecular weight excluding hydrogens is 228 g/mol. The van der Waals surface area contributed by atoms with Gasteiger partial charge in [0.25, 0.3) is 0 Å². The predicted octanol–water partition coefficient (Wildman–Crippen LogP) is 0.663. The van der Waals surface area contributed by atoms with Crippen LogP contribution in [-0.4, -0.2) is 35.0 Å². The van der Waals surface area contributed by atoms with Crippen molar-refractivity contribution >= 4 is 17.7 Å². The van der Waals surface area contributed by atoms with Crippen LogP contribution in [0.25, 0.3) is 0 Å². The lowest BCUT2D eigenvalue weighted by Gasteiger charge is -2.07. The van der Waals surface area contributed by atoms with Crippen LogP contribution in [0.3, 0.4) is 0 Å². The molecule has 2 N–H and O–H groups in total. The maximum Gasteiger partial charge on any atom is 0.325 e. The number of methoxy groups -OCH3 is 1. The third-order valence-electron chi connectivity index (χ3n) is 2.13. The normalized spacial score (nSPS) is 10.0. The Balaban J connectivity index is 3.01. The minimum atomic E-state index is -2.08. The number of Topliss-reactive ketones (excluding diaryl/α,β-unsaturated/α-hetero) is 1. The maximum absolute atomic E-state index is 11.6. The predicted molar refractivity (Wildman–Crippen MR) is 56.1 cm³/mol. The smallest absolute Gasteiger partial charge is 0.325 e. The molecule has 0 heterocycles. The molecule has 0 aromatic heterocycles. The minimum absolute atomic E-state index is 0.0144. The zero-order valence-corrected chi connectivity index (χ0v) is 8.91. The van der Waals surface area contributed by atoms with Crippen molar-refractivity contribution < 1.29 is 29.3 Å². The number of hydrogen-bond donors (Lipinski definition) is 2. The minimum Gasteiger partial charge on any atom is -0.497 e. The molecule has 0 saturated carbocycles. The summed E-state index contributed by atoms with van der Waals surface area (Å²) in [4.78, 5) is 32.9. The molecule has 0 atom stereocenters. The summed E-state index contributed by atoms with van der Waals surface area (Å²) < 4.78 is 4.86. The summed E-state index contributed by atoms with van der Waals surface area (Å²) in [7, 11) is 1.44. The van der Waals surface area contributed by atoms with Gasteiger partial charge in [-0.15, -0.1) is 0 Å². The van der Waals surface area contributed by atoms with E-state index in [1.54, 1.807) is 0 Å². The van der Waals surface area contributed by atoms with E-state index in [-0.39, 0.29) is 5.56 Å². The van der Waals surface area contributed by atoms with E-state index in [1.165, 1.54) is 31.4 Å². The van der Waals surface area contributed by atoms with Gasteiger partial charge in [-0.3, -0.25) is 14.4 Å². The Hall–Kier alpha value is -2.37. The van der Waals surface area contributed by atoms with Crippen molar-refractivity contribution in [2.45, 2.75) is 0 Å². The number of carboxylic acid groups (broad SMARTS) is 2. The molecule has 0 fully saturated rings. The number of carbonyl (C=O) groups is 3. The van der Waals surface area contributed by atoms with Crippen LogP contribution >= 0.6 is 0 Å². The highest BCUT2D eigenvalue weighted by atomic mass is 16.5. The van der Waals surface area contributed by atoms with Crippen molar-refractivity contribution in [3.63, 3.8) is 0 Å². The van der Waals surface area contributed by atoms with Gasteiger partial charge in [0.2, 0.25) is 5.92 Å². The Morgan fingerprint density at radius 3 is 1.88 bits per heavy atom. The summed E-state index contributed by atoms with van der Waals surface area (Å²) in [6.07, 6.45) is 0. The lowest BCUT2D eigenvalue weighted by Crippen LogP contribution is -2.31. The van der Waals surface area contributed by atoms with E-state index in [1.807, 2.05) is 0 Å². The number of benzene rings is 1. The summed E-state index contributed by atoms with van der Waals surface area (Å²) in [6, 6.07) is 5.54. The largest absolute Gasteiger partial charge is 0.497 e. The van der Waals surface area contributed by atoms with Gasteiger partial charge in [-0.05, 0) is 24.3 Å². The van der Waals surface area contributed by atoms with Gasteiger partial charge in [-0.1, -0.05) is 0 Å². The Labute approximate surface area is 96.4 Å². The summed E-state index contributed by atoms with van der Waals surface area (Å²) in [6.45, 7) is 0. The molecule has 6 heteroatoms. The second kappa shape index (κ2) is 5.11. The number of hydrogen-bond acceptors (Lipinski definition) is 4. The number of rotatable bonds is 5. The van der Waals surface area contributed by atoms with Gasteiger partial charge in [0, 0.05) is 5.56 Å². The lowest BCUT2D eigenvalue weighted by molar-refractivity contribution is -0.151. The lowest BCUT2D eigenvalue weighted by atomic mass is 9.98. The van der Waals surface area contributed by atoms with Gasteiger partial charge < -0.3 is 14.9 Å². The first kappa shape index (κ1) is 12.7. The van der Waals surface area contributed by atoms with E-state index < -0.39 is 23.6 Å². The van der Waals surface area contributed by atoms with Crippen molar-refractivity contribution in [3.8, 4) is 5.75 Å². The molecule has 0 aliphatic heterocycles. The standard InChI is InChI=1S/C11H10O6/c1-17-7-4-2-6(3-5-7)9(12)8(10(13)14)11(15)16/h2-5,8H,1H3,(H,13,14)(H,15,16). The van der Waals surface area contributed by atoms with Crippen molar-refractivity contribution in [2.24, 2.45) is 5.92 Å². The van der Waals surface area contributed by atoms with E-state index in [0.717, 1.165) is 0 Å². The van der Waals surface area contributed by atoms with Gasteiger partial charge >= 0.3 is 11.9 Å². The number of ether oxygens (including phenoxy) is 1. The van der Waals surface area contributed by atoms with Crippen LogP contribution in [0, 0.1) is 5.92 Å². The zero-order chi connectivity index (χ0) is 13.0. The Morgan fingerprint density at radius 1 is 1.06 bits per heavy atom. The molecular formula is C11H10O6. The maximum atomic E-state index is 11.6. The number of carbonyl (C=O) groups excluding carboxylic acids is 1. The summed E-state index contributed by atoms with van der Waals surface area (Å²) in [5, 5.41) is 17.3. The van der Waals surface area contributed by atoms with E-state index >= 15 is 0 Å². The molecule has 90 valence electrons. The molecule has 0 aliphatic carbocycles. The zero-order valence-electron chi connectivity index (χ0n) is 8.91. The molecule has 6 nitrogen and oxygen atoms in total. The fourth-order valence-electron chi connectivity index (χ4n) is 1.25. The third-order valence-corrected chi connectivity index (χ3v) is 2.13. The van der Waals surface area contributed by atoms with Crippen molar-refractivity contribution in [1.82, 2.24) is 0 Å². The topological polar surface area (TPSA) is 101 Å². The second-order valence-electron chi connectivity index (χ2n) is 3.20. The van der Waals surface area contributed by atoms with E-state index in [9.17, 15) is 14.4 Å². The van der Waals surface area contributed by atoms with E-state index in [0.29, 0.717) is 5.75 Å². The molecule has 17 heavy (non-hydrogen) atoms. The molecule has 1 rings (SSSR count).